The van der Waals surface area contributed by atoms with Gasteiger partial charge in [-0.05, 0) is 61.3 Å². The molecule has 0 radical (unpaired) electrons. The van der Waals surface area contributed by atoms with Crippen LogP contribution in [0.15, 0.2) is 36.4 Å². The Hall–Kier alpha value is -0.890. The van der Waals surface area contributed by atoms with Crippen LogP contribution in [0.3, 0.4) is 0 Å². The number of aliphatic hydroxyl groups excluding tert-OH is 2. The fourth-order valence-corrected chi connectivity index (χ4v) is 6.30. The second-order valence-corrected chi connectivity index (χ2v) is 10.9. The predicted molar refractivity (Wildman–Crippen MR) is 137 cm³/mol. The summed E-state index contributed by atoms with van der Waals surface area (Å²) < 4.78 is 0. The quantitative estimate of drug-likeness (QED) is 0.436. The molecule has 34 heavy (non-hydrogen) atoms. The van der Waals surface area contributed by atoms with E-state index in [2.05, 4.69) is 10.6 Å². The maximum Gasteiger partial charge on any atom is 0.143 e. The third-order valence-corrected chi connectivity index (χ3v) is 9.25. The monoisotopic (exact) mass is 544 g/mol. The Bertz CT molecular complexity index is 987. The van der Waals surface area contributed by atoms with Gasteiger partial charge in [0, 0.05) is 35.8 Å². The van der Waals surface area contributed by atoms with Crippen molar-refractivity contribution in [3.63, 3.8) is 0 Å². The number of nitrogens with one attached hydrogen (secondary N) is 2. The molecule has 0 spiro atoms. The van der Waals surface area contributed by atoms with Crippen LogP contribution in [0, 0.1) is 11.8 Å². The number of benzene rings is 2. The van der Waals surface area contributed by atoms with E-state index in [0.717, 1.165) is 11.1 Å². The van der Waals surface area contributed by atoms with Crippen LogP contribution < -0.4 is 10.6 Å². The fraction of sp³-hybridized carbons (Fsp3) is 0.480. The van der Waals surface area contributed by atoms with Crippen LogP contribution in [-0.4, -0.2) is 55.4 Å². The minimum absolute atomic E-state index is 0.0142. The summed E-state index contributed by atoms with van der Waals surface area (Å²) in [6, 6.07) is 10.6. The second kappa shape index (κ2) is 10.6. The first-order valence-electron chi connectivity index (χ1n) is 11.4. The van der Waals surface area contributed by atoms with Crippen LogP contribution in [0.1, 0.15) is 24.0 Å². The summed E-state index contributed by atoms with van der Waals surface area (Å²) in [6.45, 7) is 1.74. The van der Waals surface area contributed by atoms with Crippen LogP contribution in [0.25, 0.3) is 0 Å². The zero-order chi connectivity index (χ0) is 24.5. The lowest BCUT2D eigenvalue weighted by Gasteiger charge is -2.49. The minimum atomic E-state index is -0.813. The van der Waals surface area contributed by atoms with E-state index in [1.54, 1.807) is 24.3 Å². The van der Waals surface area contributed by atoms with Crippen molar-refractivity contribution in [1.82, 2.24) is 10.6 Å². The predicted octanol–water partition coefficient (Wildman–Crippen LogP) is 4.25. The van der Waals surface area contributed by atoms with Gasteiger partial charge < -0.3 is 20.8 Å². The van der Waals surface area contributed by atoms with Gasteiger partial charge >= 0.3 is 0 Å². The summed E-state index contributed by atoms with van der Waals surface area (Å²) in [7, 11) is 0. The molecular formula is C25H28Cl4N2O3. The highest BCUT2D eigenvalue weighted by atomic mass is 35.5. The lowest BCUT2D eigenvalue weighted by atomic mass is 9.58. The minimum Gasteiger partial charge on any atom is -0.395 e. The number of carbonyl (C=O) groups excluding carboxylic acids is 1. The number of hydrogen-bond donors (Lipinski definition) is 4. The third-order valence-electron chi connectivity index (χ3n) is 7.77. The maximum atomic E-state index is 14.3. The second-order valence-electron chi connectivity index (χ2n) is 9.30. The molecule has 2 aromatic carbocycles. The first-order valence-corrected chi connectivity index (χ1v) is 12.9. The summed E-state index contributed by atoms with van der Waals surface area (Å²) in [6.07, 6.45) is 1.13. The van der Waals surface area contributed by atoms with Crippen molar-refractivity contribution in [2.75, 3.05) is 39.4 Å². The first-order chi connectivity index (χ1) is 16.3. The first kappa shape index (κ1) is 26.2. The van der Waals surface area contributed by atoms with Gasteiger partial charge in [-0.2, -0.15) is 0 Å². The van der Waals surface area contributed by atoms with E-state index in [-0.39, 0.29) is 19.0 Å². The Morgan fingerprint density at radius 1 is 0.765 bits per heavy atom. The van der Waals surface area contributed by atoms with E-state index < -0.39 is 22.7 Å². The molecular weight excluding hydrogens is 518 g/mol. The van der Waals surface area contributed by atoms with Crippen molar-refractivity contribution in [2.24, 2.45) is 11.8 Å². The molecule has 184 valence electrons. The largest absolute Gasteiger partial charge is 0.395 e. The van der Waals surface area contributed by atoms with Crippen LogP contribution >= 0.6 is 46.4 Å². The number of carbonyl (C=O) groups is 1. The van der Waals surface area contributed by atoms with Crippen molar-refractivity contribution < 1.29 is 15.0 Å². The molecule has 2 aliphatic heterocycles. The van der Waals surface area contributed by atoms with Crippen LogP contribution in [0.5, 0.6) is 0 Å². The highest BCUT2D eigenvalue weighted by molar-refractivity contribution is 6.42. The SMILES string of the molecule is O=C(C1CNCCC1(CO)c1ccc(Cl)c(Cl)c1)C1CNCCC1(CO)c1ccc(Cl)c(Cl)c1. The van der Waals surface area contributed by atoms with Gasteiger partial charge in [0.1, 0.15) is 5.78 Å². The van der Waals surface area contributed by atoms with Crippen molar-refractivity contribution in [2.45, 2.75) is 23.7 Å². The molecule has 9 heteroatoms. The zero-order valence-electron chi connectivity index (χ0n) is 18.6. The normalized spacial score (nSPS) is 29.7. The van der Waals surface area contributed by atoms with Crippen LogP contribution in [-0.2, 0) is 15.6 Å². The standard InChI is InChI=1S/C25H28Cl4N2O3/c26-19-3-1-15(9-21(19)28)24(13-32)5-7-30-11-17(24)23(34)18-12-31-8-6-25(18,14-33)16-2-4-20(27)22(29)10-16/h1-4,9-10,17-18,30-33H,5-8,11-14H2. The average Bonchev–Trinajstić information content (AvgIpc) is 2.86. The molecule has 2 aromatic rings. The Morgan fingerprint density at radius 3 is 1.53 bits per heavy atom. The van der Waals surface area contributed by atoms with Gasteiger partial charge in [-0.15, -0.1) is 0 Å². The van der Waals surface area contributed by atoms with Gasteiger partial charge in [0.25, 0.3) is 0 Å². The molecule has 0 amide bonds. The Kier molecular flexibility index (Phi) is 8.17. The molecule has 2 heterocycles. The molecule has 2 saturated heterocycles. The van der Waals surface area contributed by atoms with Gasteiger partial charge in [0.15, 0.2) is 0 Å². The Morgan fingerprint density at radius 2 is 1.18 bits per heavy atom. The molecule has 0 aromatic heterocycles. The summed E-state index contributed by atoms with van der Waals surface area (Å²) >= 11 is 24.9. The van der Waals surface area contributed by atoms with Crippen molar-refractivity contribution in [1.29, 1.82) is 0 Å². The van der Waals surface area contributed by atoms with Gasteiger partial charge in [-0.1, -0.05) is 58.5 Å². The molecule has 0 saturated carbocycles. The molecule has 2 fully saturated rings. The van der Waals surface area contributed by atoms with Gasteiger partial charge in [0.2, 0.25) is 0 Å². The van der Waals surface area contributed by atoms with Crippen molar-refractivity contribution >= 4 is 52.2 Å². The fourth-order valence-electron chi connectivity index (χ4n) is 5.71. The molecule has 4 atom stereocenters. The number of ketones is 1. The van der Waals surface area contributed by atoms with Crippen molar-refractivity contribution in [3.05, 3.63) is 67.6 Å². The van der Waals surface area contributed by atoms with E-state index in [0.29, 0.717) is 59.1 Å². The van der Waals surface area contributed by atoms with E-state index in [4.69, 9.17) is 46.4 Å². The number of Topliss-reactive ketones (excluding diaryl/α,β-unsaturated/α-hetero) is 1. The van der Waals surface area contributed by atoms with E-state index in [1.807, 2.05) is 12.1 Å². The maximum absolute atomic E-state index is 14.3. The summed E-state index contributed by atoms with van der Waals surface area (Å²) in [5.74, 6) is -1.07. The number of halogens is 4. The van der Waals surface area contributed by atoms with E-state index in [1.165, 1.54) is 0 Å². The van der Waals surface area contributed by atoms with Crippen LogP contribution in [0.4, 0.5) is 0 Å². The van der Waals surface area contributed by atoms with Crippen LogP contribution in [0.2, 0.25) is 20.1 Å². The lowest BCUT2D eigenvalue weighted by Crippen LogP contribution is -2.60. The van der Waals surface area contributed by atoms with E-state index in [9.17, 15) is 15.0 Å². The Balaban J connectivity index is 1.78. The highest BCUT2D eigenvalue weighted by Gasteiger charge is 2.53. The molecule has 4 N–H and O–H groups in total. The molecule has 5 nitrogen and oxygen atoms in total. The number of hydrogen-bond acceptors (Lipinski definition) is 5. The molecule has 0 bridgehead atoms. The molecule has 4 rings (SSSR count). The molecule has 4 unspecified atom stereocenters. The topological polar surface area (TPSA) is 81.6 Å². The summed E-state index contributed by atoms with van der Waals surface area (Å²) in [5, 5.41) is 29.7. The third kappa shape index (κ3) is 4.51. The average molecular weight is 546 g/mol. The number of aliphatic hydroxyl groups is 2. The highest BCUT2D eigenvalue weighted by Crippen LogP contribution is 2.46. The van der Waals surface area contributed by atoms with Gasteiger partial charge in [0.05, 0.1) is 33.3 Å². The summed E-state index contributed by atoms with van der Waals surface area (Å²) in [5.41, 5.74) is -0.0472. The number of piperidine rings is 2. The Labute approximate surface area is 219 Å². The zero-order valence-corrected chi connectivity index (χ0v) is 21.6. The number of rotatable bonds is 6. The molecule has 0 aliphatic carbocycles. The lowest BCUT2D eigenvalue weighted by molar-refractivity contribution is -0.135. The summed E-state index contributed by atoms with van der Waals surface area (Å²) in [4.78, 5) is 14.3. The van der Waals surface area contributed by atoms with E-state index >= 15 is 0 Å². The van der Waals surface area contributed by atoms with Gasteiger partial charge in [-0.25, -0.2) is 0 Å². The van der Waals surface area contributed by atoms with Gasteiger partial charge in [-0.3, -0.25) is 4.79 Å². The van der Waals surface area contributed by atoms with Crippen molar-refractivity contribution in [3.8, 4) is 0 Å². The smallest absolute Gasteiger partial charge is 0.143 e. The molecule has 2 aliphatic rings.